The van der Waals surface area contributed by atoms with Gasteiger partial charge in [-0.1, -0.05) is 37.4 Å². The van der Waals surface area contributed by atoms with Gasteiger partial charge in [-0.3, -0.25) is 0 Å². The van der Waals surface area contributed by atoms with Crippen molar-refractivity contribution in [3.8, 4) is 16.9 Å². The van der Waals surface area contributed by atoms with Crippen LogP contribution in [0.2, 0.25) is 0 Å². The van der Waals surface area contributed by atoms with E-state index in [4.69, 9.17) is 9.47 Å². The summed E-state index contributed by atoms with van der Waals surface area (Å²) in [4.78, 5) is 22.5. The van der Waals surface area contributed by atoms with Gasteiger partial charge in [-0.25, -0.2) is 14.0 Å². The molecular weight excluding hydrogens is 335 g/mol. The number of esters is 2. The highest BCUT2D eigenvalue weighted by Gasteiger charge is 2.08. The summed E-state index contributed by atoms with van der Waals surface area (Å²) in [5.74, 6) is -1.02. The topological polar surface area (TPSA) is 52.6 Å². The Morgan fingerprint density at radius 2 is 1.77 bits per heavy atom. The van der Waals surface area contributed by atoms with E-state index >= 15 is 0 Å². The van der Waals surface area contributed by atoms with Gasteiger partial charge in [0, 0.05) is 18.1 Å². The van der Waals surface area contributed by atoms with Crippen LogP contribution < -0.4 is 4.74 Å². The minimum Gasteiger partial charge on any atom is -0.462 e. The van der Waals surface area contributed by atoms with Gasteiger partial charge in [-0.05, 0) is 41.8 Å². The van der Waals surface area contributed by atoms with Crippen molar-refractivity contribution >= 4 is 11.9 Å². The third kappa shape index (κ3) is 5.14. The predicted molar refractivity (Wildman–Crippen MR) is 97.1 cm³/mol. The lowest BCUT2D eigenvalue weighted by molar-refractivity contribution is -0.138. The number of benzene rings is 2. The molecule has 2 aromatic rings. The summed E-state index contributed by atoms with van der Waals surface area (Å²) in [6, 6.07) is 11.6. The van der Waals surface area contributed by atoms with Crippen molar-refractivity contribution in [1.82, 2.24) is 0 Å². The summed E-state index contributed by atoms with van der Waals surface area (Å²) in [5.41, 5.74) is 2.23. The molecule has 0 heterocycles. The Kier molecular flexibility index (Phi) is 6.44. The molecular formula is C21H19FO4. The Labute approximate surface area is 151 Å². The molecule has 4 nitrogen and oxygen atoms in total. The molecule has 0 saturated carbocycles. The standard InChI is InChI=1S/C21H19FO4/c1-4-20(23)26-18-9-7-15(8-10-18)17-6-5-16(19(22)13-17)11-12-25-21(24)14(2)3/h4-10,13H,1-2,11-12H2,3H3. The van der Waals surface area contributed by atoms with Crippen LogP contribution in [0.4, 0.5) is 4.39 Å². The molecule has 0 aliphatic rings. The molecule has 0 aromatic heterocycles. The molecule has 0 bridgehead atoms. The maximum Gasteiger partial charge on any atom is 0.335 e. The highest BCUT2D eigenvalue weighted by Crippen LogP contribution is 2.24. The van der Waals surface area contributed by atoms with E-state index in [2.05, 4.69) is 13.2 Å². The van der Waals surface area contributed by atoms with Crippen LogP contribution in [-0.2, 0) is 20.7 Å². The van der Waals surface area contributed by atoms with E-state index in [0.717, 1.165) is 11.6 Å². The average Bonchev–Trinajstić information content (AvgIpc) is 2.63. The van der Waals surface area contributed by atoms with Crippen LogP contribution in [0.25, 0.3) is 11.1 Å². The summed E-state index contributed by atoms with van der Waals surface area (Å²) in [5, 5.41) is 0. The normalized spacial score (nSPS) is 10.1. The second-order valence-electron chi connectivity index (χ2n) is 5.62. The second kappa shape index (κ2) is 8.76. The summed E-state index contributed by atoms with van der Waals surface area (Å²) in [7, 11) is 0. The van der Waals surface area contributed by atoms with Crippen LogP contribution in [0.15, 0.2) is 67.3 Å². The van der Waals surface area contributed by atoms with Crippen molar-refractivity contribution in [2.75, 3.05) is 6.61 Å². The van der Waals surface area contributed by atoms with Gasteiger partial charge in [0.1, 0.15) is 11.6 Å². The van der Waals surface area contributed by atoms with E-state index in [9.17, 15) is 14.0 Å². The molecule has 0 aliphatic heterocycles. The summed E-state index contributed by atoms with van der Waals surface area (Å²) in [6.45, 7) is 8.47. The smallest absolute Gasteiger partial charge is 0.335 e. The maximum absolute atomic E-state index is 14.3. The molecule has 0 atom stereocenters. The lowest BCUT2D eigenvalue weighted by atomic mass is 10.0. The van der Waals surface area contributed by atoms with Crippen LogP contribution in [0.3, 0.4) is 0 Å². The van der Waals surface area contributed by atoms with Gasteiger partial charge in [-0.15, -0.1) is 0 Å². The molecule has 5 heteroatoms. The van der Waals surface area contributed by atoms with Crippen LogP contribution in [0, 0.1) is 5.82 Å². The first-order valence-electron chi connectivity index (χ1n) is 7.96. The largest absolute Gasteiger partial charge is 0.462 e. The minimum absolute atomic E-state index is 0.0886. The quantitative estimate of drug-likeness (QED) is 0.424. The van der Waals surface area contributed by atoms with Crippen LogP contribution in [0.1, 0.15) is 12.5 Å². The first kappa shape index (κ1) is 19.1. The van der Waals surface area contributed by atoms with Gasteiger partial charge >= 0.3 is 11.9 Å². The van der Waals surface area contributed by atoms with Crippen molar-refractivity contribution in [2.24, 2.45) is 0 Å². The van der Waals surface area contributed by atoms with Gasteiger partial charge in [0.2, 0.25) is 0 Å². The molecule has 2 rings (SSSR count). The summed E-state index contributed by atoms with van der Waals surface area (Å²) in [6.07, 6.45) is 1.36. The molecule has 26 heavy (non-hydrogen) atoms. The third-order valence-electron chi connectivity index (χ3n) is 3.58. The lowest BCUT2D eigenvalue weighted by Gasteiger charge is -2.08. The lowest BCUT2D eigenvalue weighted by Crippen LogP contribution is -2.08. The fourth-order valence-corrected chi connectivity index (χ4v) is 2.18. The molecule has 134 valence electrons. The van der Waals surface area contributed by atoms with Gasteiger partial charge in [0.05, 0.1) is 6.61 Å². The third-order valence-corrected chi connectivity index (χ3v) is 3.58. The van der Waals surface area contributed by atoms with Crippen LogP contribution >= 0.6 is 0 Å². The van der Waals surface area contributed by atoms with Crippen LogP contribution in [0.5, 0.6) is 5.75 Å². The van der Waals surface area contributed by atoms with E-state index in [1.807, 2.05) is 0 Å². The molecule has 0 spiro atoms. The molecule has 2 aromatic carbocycles. The van der Waals surface area contributed by atoms with Gasteiger partial charge in [-0.2, -0.15) is 0 Å². The first-order valence-corrected chi connectivity index (χ1v) is 7.96. The van der Waals surface area contributed by atoms with Crippen molar-refractivity contribution in [3.63, 3.8) is 0 Å². The molecule has 0 saturated heterocycles. The Morgan fingerprint density at radius 1 is 1.12 bits per heavy atom. The van der Waals surface area contributed by atoms with Crippen molar-refractivity contribution in [3.05, 3.63) is 78.7 Å². The van der Waals surface area contributed by atoms with E-state index in [0.29, 0.717) is 22.4 Å². The number of hydrogen-bond acceptors (Lipinski definition) is 4. The minimum atomic E-state index is -0.541. The number of hydrogen-bond donors (Lipinski definition) is 0. The molecule has 0 amide bonds. The van der Waals surface area contributed by atoms with E-state index in [1.165, 1.54) is 6.07 Å². The van der Waals surface area contributed by atoms with Crippen molar-refractivity contribution < 1.29 is 23.5 Å². The zero-order valence-electron chi connectivity index (χ0n) is 14.5. The summed E-state index contributed by atoms with van der Waals surface area (Å²) >= 11 is 0. The highest BCUT2D eigenvalue weighted by atomic mass is 19.1. The Morgan fingerprint density at radius 3 is 2.35 bits per heavy atom. The highest BCUT2D eigenvalue weighted by molar-refractivity contribution is 5.86. The van der Waals surface area contributed by atoms with E-state index in [-0.39, 0.29) is 18.8 Å². The summed E-state index contributed by atoms with van der Waals surface area (Å²) < 4.78 is 24.3. The van der Waals surface area contributed by atoms with Gasteiger partial charge in [0.25, 0.3) is 0 Å². The van der Waals surface area contributed by atoms with Crippen molar-refractivity contribution in [1.29, 1.82) is 0 Å². The predicted octanol–water partition coefficient (Wildman–Crippen LogP) is 4.25. The van der Waals surface area contributed by atoms with Crippen molar-refractivity contribution in [2.45, 2.75) is 13.3 Å². The molecule has 0 N–H and O–H groups in total. The zero-order chi connectivity index (χ0) is 19.1. The first-order chi connectivity index (χ1) is 12.4. The Bertz CT molecular complexity index is 838. The Hall–Kier alpha value is -3.21. The SMILES string of the molecule is C=CC(=O)Oc1ccc(-c2ccc(CCOC(=O)C(=C)C)c(F)c2)cc1. The monoisotopic (exact) mass is 354 g/mol. The number of rotatable bonds is 7. The number of ether oxygens (including phenoxy) is 2. The van der Waals surface area contributed by atoms with Gasteiger partial charge < -0.3 is 9.47 Å². The zero-order valence-corrected chi connectivity index (χ0v) is 14.5. The van der Waals surface area contributed by atoms with Crippen LogP contribution in [-0.4, -0.2) is 18.5 Å². The Balaban J connectivity index is 2.04. The van der Waals surface area contributed by atoms with E-state index < -0.39 is 11.9 Å². The molecule has 0 unspecified atom stereocenters. The molecule has 0 radical (unpaired) electrons. The van der Waals surface area contributed by atoms with E-state index in [1.54, 1.807) is 43.3 Å². The average molecular weight is 354 g/mol. The molecule has 0 fully saturated rings. The second-order valence-corrected chi connectivity index (χ2v) is 5.62. The number of carbonyl (C=O) groups is 2. The number of carbonyl (C=O) groups excluding carboxylic acids is 2. The fourth-order valence-electron chi connectivity index (χ4n) is 2.18. The molecule has 0 aliphatic carbocycles. The maximum atomic E-state index is 14.3. The number of halogens is 1. The fraction of sp³-hybridized carbons (Fsp3) is 0.143. The van der Waals surface area contributed by atoms with Gasteiger partial charge in [0.15, 0.2) is 0 Å².